The molecule has 0 unspecified atom stereocenters. The molecule has 0 saturated carbocycles. The first-order valence-electron chi connectivity index (χ1n) is 7.04. The summed E-state index contributed by atoms with van der Waals surface area (Å²) in [7, 11) is 0. The fourth-order valence-electron chi connectivity index (χ4n) is 1.99. The molecule has 1 heterocycles. The number of nitriles is 1. The van der Waals surface area contributed by atoms with E-state index in [1.165, 1.54) is 16.3 Å². The van der Waals surface area contributed by atoms with Crippen LogP contribution >= 0.6 is 11.8 Å². The smallest absolute Gasteiger partial charge is 0.262 e. The zero-order valence-electron chi connectivity index (χ0n) is 12.5. The monoisotopic (exact) mass is 328 g/mol. The molecule has 1 N–H and O–H groups in total. The van der Waals surface area contributed by atoms with Crippen LogP contribution in [-0.2, 0) is 11.3 Å². The molecule has 118 valence electrons. The number of hydrogen-bond acceptors (Lipinski definition) is 5. The Labute approximate surface area is 137 Å². The largest absolute Gasteiger partial charge is 0.354 e. The molecule has 0 aliphatic heterocycles. The maximum atomic E-state index is 12.5. The standard InChI is InChI=1S/C16H16N4O2S/c1-2-10-20-15(22)12-6-3-4-7-13(12)19-16(20)23-11-14(21)18-9-5-8-17/h2-4,6-7H,1,5,9-11H2,(H,18,21). The van der Waals surface area contributed by atoms with Crippen molar-refractivity contribution in [1.29, 1.82) is 5.26 Å². The fourth-order valence-corrected chi connectivity index (χ4v) is 2.83. The predicted octanol–water partition coefficient (Wildman–Crippen LogP) is 1.70. The predicted molar refractivity (Wildman–Crippen MR) is 90.2 cm³/mol. The summed E-state index contributed by atoms with van der Waals surface area (Å²) in [6, 6.07) is 9.07. The second-order valence-corrected chi connectivity index (χ2v) is 5.61. The lowest BCUT2D eigenvalue weighted by molar-refractivity contribution is -0.118. The molecular weight excluding hydrogens is 312 g/mol. The van der Waals surface area contributed by atoms with Gasteiger partial charge in [-0.3, -0.25) is 14.2 Å². The lowest BCUT2D eigenvalue weighted by Crippen LogP contribution is -2.27. The molecule has 6 nitrogen and oxygen atoms in total. The summed E-state index contributed by atoms with van der Waals surface area (Å²) in [5, 5.41) is 12.1. The van der Waals surface area contributed by atoms with E-state index in [1.54, 1.807) is 24.3 Å². The fraction of sp³-hybridized carbons (Fsp3) is 0.250. The molecule has 0 bridgehead atoms. The molecule has 1 aromatic carbocycles. The van der Waals surface area contributed by atoms with Crippen LogP contribution in [0, 0.1) is 11.3 Å². The molecule has 7 heteroatoms. The third-order valence-corrected chi connectivity index (χ3v) is 4.01. The van der Waals surface area contributed by atoms with Crippen molar-refractivity contribution >= 4 is 28.6 Å². The highest BCUT2D eigenvalue weighted by molar-refractivity contribution is 7.99. The van der Waals surface area contributed by atoms with Crippen LogP contribution in [0.5, 0.6) is 0 Å². The maximum Gasteiger partial charge on any atom is 0.262 e. The zero-order valence-corrected chi connectivity index (χ0v) is 13.3. The third-order valence-electron chi connectivity index (χ3n) is 3.03. The Bertz CT molecular complexity index is 823. The van der Waals surface area contributed by atoms with Crippen molar-refractivity contribution < 1.29 is 4.79 Å². The second-order valence-electron chi connectivity index (χ2n) is 4.66. The molecule has 0 aliphatic carbocycles. The van der Waals surface area contributed by atoms with Crippen molar-refractivity contribution in [1.82, 2.24) is 14.9 Å². The lowest BCUT2D eigenvalue weighted by atomic mass is 10.2. The van der Waals surface area contributed by atoms with E-state index in [1.807, 2.05) is 12.1 Å². The normalized spacial score (nSPS) is 10.2. The van der Waals surface area contributed by atoms with Crippen LogP contribution in [0.1, 0.15) is 6.42 Å². The van der Waals surface area contributed by atoms with Crippen molar-refractivity contribution in [2.45, 2.75) is 18.1 Å². The molecule has 1 aromatic heterocycles. The van der Waals surface area contributed by atoms with Crippen LogP contribution in [0.15, 0.2) is 46.9 Å². The minimum atomic E-state index is -0.196. The molecular formula is C16H16N4O2S. The number of allylic oxidation sites excluding steroid dienone is 1. The van der Waals surface area contributed by atoms with Crippen LogP contribution in [0.2, 0.25) is 0 Å². The van der Waals surface area contributed by atoms with E-state index >= 15 is 0 Å². The first-order chi connectivity index (χ1) is 11.2. The van der Waals surface area contributed by atoms with Gasteiger partial charge in [0.2, 0.25) is 5.91 Å². The summed E-state index contributed by atoms with van der Waals surface area (Å²) in [6.45, 7) is 4.31. The summed E-state index contributed by atoms with van der Waals surface area (Å²) in [5.74, 6) is -0.0642. The molecule has 0 atom stereocenters. The third kappa shape index (κ3) is 4.20. The van der Waals surface area contributed by atoms with E-state index in [9.17, 15) is 9.59 Å². The van der Waals surface area contributed by atoms with E-state index in [-0.39, 0.29) is 23.6 Å². The summed E-state index contributed by atoms with van der Waals surface area (Å²) in [5.41, 5.74) is 0.452. The highest BCUT2D eigenvalue weighted by Crippen LogP contribution is 2.17. The van der Waals surface area contributed by atoms with Gasteiger partial charge in [-0.05, 0) is 12.1 Å². The summed E-state index contributed by atoms with van der Waals surface area (Å²) >= 11 is 1.19. The van der Waals surface area contributed by atoms with E-state index in [0.29, 0.717) is 29.1 Å². The number of benzene rings is 1. The lowest BCUT2D eigenvalue weighted by Gasteiger charge is -2.11. The van der Waals surface area contributed by atoms with Gasteiger partial charge in [-0.2, -0.15) is 5.26 Å². The van der Waals surface area contributed by atoms with Crippen LogP contribution < -0.4 is 10.9 Å². The first kappa shape index (κ1) is 16.8. The Morgan fingerprint density at radius 1 is 1.48 bits per heavy atom. The van der Waals surface area contributed by atoms with Gasteiger partial charge in [0.05, 0.1) is 29.1 Å². The van der Waals surface area contributed by atoms with Crippen LogP contribution in [0.4, 0.5) is 0 Å². The number of hydrogen-bond donors (Lipinski definition) is 1. The Kier molecular flexibility index (Phi) is 5.94. The molecule has 0 spiro atoms. The van der Waals surface area contributed by atoms with Gasteiger partial charge >= 0.3 is 0 Å². The highest BCUT2D eigenvalue weighted by atomic mass is 32.2. The SMILES string of the molecule is C=CCn1c(SCC(=O)NCCC#N)nc2ccccc2c1=O. The van der Waals surface area contributed by atoms with Gasteiger partial charge in [0.1, 0.15) is 0 Å². The van der Waals surface area contributed by atoms with Crippen LogP contribution in [-0.4, -0.2) is 27.8 Å². The average Bonchev–Trinajstić information content (AvgIpc) is 2.56. The van der Waals surface area contributed by atoms with E-state index in [2.05, 4.69) is 16.9 Å². The number of nitrogens with one attached hydrogen (secondary N) is 1. The maximum absolute atomic E-state index is 12.5. The number of fused-ring (bicyclic) bond motifs is 1. The zero-order chi connectivity index (χ0) is 16.7. The van der Waals surface area contributed by atoms with Crippen molar-refractivity contribution in [3.63, 3.8) is 0 Å². The van der Waals surface area contributed by atoms with Gasteiger partial charge in [0, 0.05) is 13.1 Å². The number of carbonyl (C=O) groups is 1. The Balaban J connectivity index is 2.23. The Hall–Kier alpha value is -2.59. The van der Waals surface area contributed by atoms with Gasteiger partial charge < -0.3 is 5.32 Å². The number of carbonyl (C=O) groups excluding carboxylic acids is 1. The minimum absolute atomic E-state index is 0.132. The number of amides is 1. The van der Waals surface area contributed by atoms with Gasteiger partial charge in [0.25, 0.3) is 5.56 Å². The summed E-state index contributed by atoms with van der Waals surface area (Å²) < 4.78 is 1.50. The van der Waals surface area contributed by atoms with Gasteiger partial charge in [-0.15, -0.1) is 6.58 Å². The summed E-state index contributed by atoms with van der Waals surface area (Å²) in [6.07, 6.45) is 1.89. The molecule has 2 rings (SSSR count). The molecule has 0 fully saturated rings. The number of para-hydroxylation sites is 1. The number of rotatable bonds is 7. The topological polar surface area (TPSA) is 87.8 Å². The van der Waals surface area contributed by atoms with E-state index in [4.69, 9.17) is 5.26 Å². The second kappa shape index (κ2) is 8.15. The van der Waals surface area contributed by atoms with E-state index in [0.717, 1.165) is 0 Å². The number of thioether (sulfide) groups is 1. The van der Waals surface area contributed by atoms with Gasteiger partial charge in [-0.1, -0.05) is 30.0 Å². The minimum Gasteiger partial charge on any atom is -0.354 e. The van der Waals surface area contributed by atoms with Crippen molar-refractivity contribution in [2.75, 3.05) is 12.3 Å². The molecule has 2 aromatic rings. The Morgan fingerprint density at radius 3 is 3.00 bits per heavy atom. The number of aromatic nitrogens is 2. The molecule has 1 amide bonds. The van der Waals surface area contributed by atoms with Crippen molar-refractivity contribution in [3.05, 3.63) is 47.3 Å². The van der Waals surface area contributed by atoms with Crippen LogP contribution in [0.25, 0.3) is 10.9 Å². The van der Waals surface area contributed by atoms with Crippen molar-refractivity contribution in [2.24, 2.45) is 0 Å². The van der Waals surface area contributed by atoms with Gasteiger partial charge in [-0.25, -0.2) is 4.98 Å². The quantitative estimate of drug-likeness (QED) is 0.362. The molecule has 0 saturated heterocycles. The van der Waals surface area contributed by atoms with Crippen molar-refractivity contribution in [3.8, 4) is 6.07 Å². The molecule has 0 aliphatic rings. The molecule has 23 heavy (non-hydrogen) atoms. The van der Waals surface area contributed by atoms with Crippen LogP contribution in [0.3, 0.4) is 0 Å². The Morgan fingerprint density at radius 2 is 2.26 bits per heavy atom. The average molecular weight is 328 g/mol. The summed E-state index contributed by atoms with van der Waals surface area (Å²) in [4.78, 5) is 28.7. The first-order valence-corrected chi connectivity index (χ1v) is 8.03. The number of nitrogens with zero attached hydrogens (tertiary/aromatic N) is 3. The van der Waals surface area contributed by atoms with E-state index < -0.39 is 0 Å². The van der Waals surface area contributed by atoms with Gasteiger partial charge in [0.15, 0.2) is 5.16 Å². The molecule has 0 radical (unpaired) electrons. The highest BCUT2D eigenvalue weighted by Gasteiger charge is 2.12.